The van der Waals surface area contributed by atoms with Crippen molar-refractivity contribution in [2.45, 2.75) is 6.54 Å². The number of fused-ring (bicyclic) bond motifs is 1. The molecule has 0 saturated carbocycles. The molecule has 2 aromatic carbocycles. The van der Waals surface area contributed by atoms with Crippen molar-refractivity contribution in [1.82, 2.24) is 19.7 Å². The SMILES string of the molecule is COc1ccc(Nc2ncnc3c2cnn3Cc2ccc(Cl)cc2)cc1. The third-order valence-electron chi connectivity index (χ3n) is 4.03. The van der Waals surface area contributed by atoms with Crippen molar-refractivity contribution in [3.63, 3.8) is 0 Å². The van der Waals surface area contributed by atoms with E-state index < -0.39 is 0 Å². The molecule has 1 N–H and O–H groups in total. The van der Waals surface area contributed by atoms with Gasteiger partial charge in [0, 0.05) is 10.7 Å². The van der Waals surface area contributed by atoms with Crippen LogP contribution < -0.4 is 10.1 Å². The first kappa shape index (κ1) is 16.4. The molecular weight excluding hydrogens is 350 g/mol. The van der Waals surface area contributed by atoms with Gasteiger partial charge in [0.25, 0.3) is 0 Å². The van der Waals surface area contributed by atoms with Crippen molar-refractivity contribution in [2.24, 2.45) is 0 Å². The highest BCUT2D eigenvalue weighted by molar-refractivity contribution is 6.30. The predicted molar refractivity (Wildman–Crippen MR) is 102 cm³/mol. The summed E-state index contributed by atoms with van der Waals surface area (Å²) in [5.41, 5.74) is 2.78. The molecule has 4 aromatic rings. The van der Waals surface area contributed by atoms with E-state index in [1.165, 1.54) is 6.33 Å². The maximum absolute atomic E-state index is 5.95. The molecular formula is C19H16ClN5O. The van der Waals surface area contributed by atoms with Crippen LogP contribution in [-0.4, -0.2) is 26.9 Å². The van der Waals surface area contributed by atoms with E-state index in [0.717, 1.165) is 28.0 Å². The molecule has 0 atom stereocenters. The molecule has 0 radical (unpaired) electrons. The Morgan fingerprint density at radius 2 is 1.81 bits per heavy atom. The van der Waals surface area contributed by atoms with Crippen LogP contribution >= 0.6 is 11.6 Å². The van der Waals surface area contributed by atoms with Crippen LogP contribution in [0.2, 0.25) is 5.02 Å². The van der Waals surface area contributed by atoms with Crippen molar-refractivity contribution in [3.05, 3.63) is 71.6 Å². The number of aromatic nitrogens is 4. The number of anilines is 2. The summed E-state index contributed by atoms with van der Waals surface area (Å²) in [6.07, 6.45) is 3.31. The average molecular weight is 366 g/mol. The van der Waals surface area contributed by atoms with Gasteiger partial charge in [-0.3, -0.25) is 0 Å². The summed E-state index contributed by atoms with van der Waals surface area (Å²) in [6, 6.07) is 15.4. The number of nitrogens with one attached hydrogen (secondary N) is 1. The lowest BCUT2D eigenvalue weighted by Crippen LogP contribution is -2.03. The van der Waals surface area contributed by atoms with Gasteiger partial charge in [-0.25, -0.2) is 14.6 Å². The van der Waals surface area contributed by atoms with E-state index in [0.29, 0.717) is 17.4 Å². The molecule has 0 fully saturated rings. The van der Waals surface area contributed by atoms with Crippen LogP contribution in [0, 0.1) is 0 Å². The number of ether oxygens (including phenoxy) is 1. The second-order valence-electron chi connectivity index (χ2n) is 5.74. The van der Waals surface area contributed by atoms with E-state index in [1.54, 1.807) is 13.3 Å². The van der Waals surface area contributed by atoms with Crippen LogP contribution in [0.5, 0.6) is 5.75 Å². The molecule has 2 heterocycles. The Bertz CT molecular complexity index is 1030. The van der Waals surface area contributed by atoms with Gasteiger partial charge >= 0.3 is 0 Å². The Morgan fingerprint density at radius 3 is 2.54 bits per heavy atom. The third-order valence-corrected chi connectivity index (χ3v) is 4.28. The Balaban J connectivity index is 1.62. The summed E-state index contributed by atoms with van der Waals surface area (Å²) in [6.45, 7) is 0.611. The molecule has 0 bridgehead atoms. The lowest BCUT2D eigenvalue weighted by Gasteiger charge is -2.08. The number of rotatable bonds is 5. The van der Waals surface area contributed by atoms with Crippen molar-refractivity contribution < 1.29 is 4.74 Å². The van der Waals surface area contributed by atoms with E-state index in [9.17, 15) is 0 Å². The molecule has 0 spiro atoms. The Hall–Kier alpha value is -3.12. The molecule has 0 unspecified atom stereocenters. The quantitative estimate of drug-likeness (QED) is 0.571. The van der Waals surface area contributed by atoms with Gasteiger partial charge in [0.05, 0.1) is 25.2 Å². The average Bonchev–Trinajstić information content (AvgIpc) is 3.08. The number of hydrogen-bond donors (Lipinski definition) is 1. The normalized spacial score (nSPS) is 10.8. The number of methoxy groups -OCH3 is 1. The standard InChI is InChI=1S/C19H16ClN5O/c1-26-16-8-6-15(7-9-16)24-18-17-10-23-25(19(17)22-12-21-18)11-13-2-4-14(20)5-3-13/h2-10,12H,11H2,1H3,(H,21,22,24). The summed E-state index contributed by atoms with van der Waals surface area (Å²) >= 11 is 5.95. The number of hydrogen-bond acceptors (Lipinski definition) is 5. The molecule has 26 heavy (non-hydrogen) atoms. The van der Waals surface area contributed by atoms with Crippen LogP contribution in [0.15, 0.2) is 61.1 Å². The zero-order valence-electron chi connectivity index (χ0n) is 14.1. The first-order chi connectivity index (χ1) is 12.7. The number of nitrogens with zero attached hydrogens (tertiary/aromatic N) is 4. The van der Waals surface area contributed by atoms with Crippen molar-refractivity contribution in [3.8, 4) is 5.75 Å². The summed E-state index contributed by atoms with van der Waals surface area (Å²) in [4.78, 5) is 8.74. The molecule has 0 amide bonds. The Morgan fingerprint density at radius 1 is 1.04 bits per heavy atom. The van der Waals surface area contributed by atoms with Crippen molar-refractivity contribution in [1.29, 1.82) is 0 Å². The smallest absolute Gasteiger partial charge is 0.163 e. The van der Waals surface area contributed by atoms with Gasteiger partial charge in [-0.1, -0.05) is 23.7 Å². The maximum atomic E-state index is 5.95. The molecule has 7 heteroatoms. The van der Waals surface area contributed by atoms with Crippen LogP contribution in [0.4, 0.5) is 11.5 Å². The molecule has 4 rings (SSSR count). The van der Waals surface area contributed by atoms with Crippen molar-refractivity contribution in [2.75, 3.05) is 12.4 Å². The Labute approximate surface area is 155 Å². The van der Waals surface area contributed by atoms with Gasteiger partial charge in [-0.05, 0) is 42.0 Å². The molecule has 2 aromatic heterocycles. The van der Waals surface area contributed by atoms with E-state index in [4.69, 9.17) is 16.3 Å². The molecule has 0 aliphatic rings. The van der Waals surface area contributed by atoms with Crippen LogP contribution in [-0.2, 0) is 6.54 Å². The Kier molecular flexibility index (Phi) is 4.41. The van der Waals surface area contributed by atoms with Crippen LogP contribution in [0.1, 0.15) is 5.56 Å². The lowest BCUT2D eigenvalue weighted by atomic mass is 10.2. The fourth-order valence-electron chi connectivity index (χ4n) is 2.68. The van der Waals surface area contributed by atoms with Gasteiger partial charge < -0.3 is 10.1 Å². The number of halogens is 1. The van der Waals surface area contributed by atoms with E-state index >= 15 is 0 Å². The molecule has 130 valence electrons. The lowest BCUT2D eigenvalue weighted by molar-refractivity contribution is 0.415. The summed E-state index contributed by atoms with van der Waals surface area (Å²) in [7, 11) is 1.64. The summed E-state index contributed by atoms with van der Waals surface area (Å²) in [5.74, 6) is 1.52. The predicted octanol–water partition coefficient (Wildman–Crippen LogP) is 4.28. The molecule has 0 saturated heterocycles. The largest absolute Gasteiger partial charge is 0.497 e. The fraction of sp³-hybridized carbons (Fsp3) is 0.105. The molecule has 6 nitrogen and oxygen atoms in total. The minimum absolute atomic E-state index is 0.611. The highest BCUT2D eigenvalue weighted by Gasteiger charge is 2.10. The molecule has 0 aliphatic heterocycles. The highest BCUT2D eigenvalue weighted by atomic mass is 35.5. The first-order valence-corrected chi connectivity index (χ1v) is 8.43. The highest BCUT2D eigenvalue weighted by Crippen LogP contribution is 2.24. The zero-order valence-corrected chi connectivity index (χ0v) is 14.8. The van der Waals surface area contributed by atoms with Gasteiger partial charge in [0.15, 0.2) is 5.65 Å². The third kappa shape index (κ3) is 3.32. The minimum Gasteiger partial charge on any atom is -0.497 e. The van der Waals surface area contributed by atoms with E-state index in [2.05, 4.69) is 20.4 Å². The zero-order chi connectivity index (χ0) is 17.9. The maximum Gasteiger partial charge on any atom is 0.163 e. The minimum atomic E-state index is 0.611. The van der Waals surface area contributed by atoms with Gasteiger partial charge in [0.2, 0.25) is 0 Å². The second-order valence-corrected chi connectivity index (χ2v) is 6.18. The fourth-order valence-corrected chi connectivity index (χ4v) is 2.81. The number of benzene rings is 2. The van der Waals surface area contributed by atoms with Crippen LogP contribution in [0.25, 0.3) is 11.0 Å². The summed E-state index contributed by atoms with van der Waals surface area (Å²) in [5, 5.41) is 9.34. The summed E-state index contributed by atoms with van der Waals surface area (Å²) < 4.78 is 7.03. The van der Waals surface area contributed by atoms with E-state index in [-0.39, 0.29) is 0 Å². The topological polar surface area (TPSA) is 64.9 Å². The van der Waals surface area contributed by atoms with Gasteiger partial charge in [-0.15, -0.1) is 0 Å². The monoisotopic (exact) mass is 365 g/mol. The second kappa shape index (κ2) is 7.01. The van der Waals surface area contributed by atoms with Crippen molar-refractivity contribution >= 4 is 34.1 Å². The van der Waals surface area contributed by atoms with E-state index in [1.807, 2.05) is 53.2 Å². The van der Waals surface area contributed by atoms with Crippen LogP contribution in [0.3, 0.4) is 0 Å². The van der Waals surface area contributed by atoms with Gasteiger partial charge in [0.1, 0.15) is 17.9 Å². The first-order valence-electron chi connectivity index (χ1n) is 8.05. The van der Waals surface area contributed by atoms with Gasteiger partial charge in [-0.2, -0.15) is 5.10 Å². The molecule has 0 aliphatic carbocycles.